The van der Waals surface area contributed by atoms with Crippen LogP contribution in [0.25, 0.3) is 34.1 Å². The molecule has 0 aliphatic carbocycles. The van der Waals surface area contributed by atoms with Crippen LogP contribution in [0.3, 0.4) is 0 Å². The predicted octanol–water partition coefficient (Wildman–Crippen LogP) is 1.63. The second-order valence-electron chi connectivity index (χ2n) is 7.65. The zero-order valence-corrected chi connectivity index (χ0v) is 19.6. The fourth-order valence-corrected chi connectivity index (χ4v) is 2.86. The van der Waals surface area contributed by atoms with Crippen LogP contribution in [-0.4, -0.2) is 27.2 Å². The van der Waals surface area contributed by atoms with Gasteiger partial charge in [0.25, 0.3) is 0 Å². The average molecular weight is 439 g/mol. The van der Waals surface area contributed by atoms with E-state index in [1.807, 2.05) is 20.8 Å². The number of hydrogen-bond acceptors (Lipinski definition) is 6. The molecule has 0 radical (unpaired) electrons. The van der Waals surface area contributed by atoms with Crippen molar-refractivity contribution in [3.8, 4) is 28.9 Å². The maximum absolute atomic E-state index is 13.4. The summed E-state index contributed by atoms with van der Waals surface area (Å²) in [5, 5.41) is 4.03. The number of fused-ring (bicyclic) bond motifs is 1. The van der Waals surface area contributed by atoms with E-state index in [0.29, 0.717) is 11.5 Å². The van der Waals surface area contributed by atoms with Crippen LogP contribution in [0.1, 0.15) is 32.0 Å². The zero-order valence-electron chi connectivity index (χ0n) is 17.6. The van der Waals surface area contributed by atoms with Crippen molar-refractivity contribution < 1.29 is 52.0 Å². The van der Waals surface area contributed by atoms with Gasteiger partial charge in [0.15, 0.2) is 11.6 Å². The van der Waals surface area contributed by atoms with Gasteiger partial charge in [-0.3, -0.25) is 0 Å². The summed E-state index contributed by atoms with van der Waals surface area (Å²) in [5.74, 6) is 0.368. The Bertz CT molecular complexity index is 1230. The molecule has 7 nitrogen and oxygen atoms in total. The van der Waals surface area contributed by atoms with Crippen molar-refractivity contribution in [2.45, 2.75) is 32.4 Å². The van der Waals surface area contributed by atoms with E-state index in [2.05, 4.69) is 25.1 Å². The number of halogens is 3. The van der Waals surface area contributed by atoms with Crippen molar-refractivity contribution in [3.05, 3.63) is 41.6 Å². The Morgan fingerprint density at radius 1 is 1.03 bits per heavy atom. The monoisotopic (exact) mass is 439 g/mol. The van der Waals surface area contributed by atoms with Crippen LogP contribution in [0, 0.1) is 0 Å². The molecule has 4 rings (SSSR count). The molecule has 0 aliphatic rings. The first-order chi connectivity index (χ1) is 14.1. The first-order valence-electron chi connectivity index (χ1n) is 8.98. The number of benzene rings is 1. The molecule has 0 spiro atoms. The van der Waals surface area contributed by atoms with E-state index in [-0.39, 0.29) is 69.2 Å². The van der Waals surface area contributed by atoms with Crippen molar-refractivity contribution in [2.75, 3.05) is 7.11 Å². The minimum Gasteiger partial charge on any atom is -0.481 e. The fraction of sp³-hybridized carbons (Fsp3) is 0.300. The van der Waals surface area contributed by atoms with Gasteiger partial charge in [0.1, 0.15) is 0 Å². The molecule has 31 heavy (non-hydrogen) atoms. The van der Waals surface area contributed by atoms with Gasteiger partial charge in [-0.05, 0) is 11.9 Å². The van der Waals surface area contributed by atoms with Crippen LogP contribution in [0.2, 0.25) is 0 Å². The number of aromatic nitrogens is 5. The Morgan fingerprint density at radius 2 is 1.74 bits per heavy atom. The zero-order chi connectivity index (χ0) is 21.7. The van der Waals surface area contributed by atoms with Crippen LogP contribution >= 0.6 is 0 Å². The fourth-order valence-electron chi connectivity index (χ4n) is 2.86. The molecule has 4 aromatic rings. The summed E-state index contributed by atoms with van der Waals surface area (Å²) in [5.41, 5.74) is -0.239. The third-order valence-electron chi connectivity index (χ3n) is 4.43. The number of nitrogens with zero attached hydrogens (tertiary/aromatic N) is 5. The Balaban J connectivity index is 0.00000272. The Kier molecular flexibility index (Phi) is 6.18. The van der Waals surface area contributed by atoms with Crippen LogP contribution in [0.4, 0.5) is 13.2 Å². The summed E-state index contributed by atoms with van der Waals surface area (Å²) >= 11 is 0. The van der Waals surface area contributed by atoms with Gasteiger partial charge in [-0.1, -0.05) is 44.1 Å². The maximum Gasteiger partial charge on any atom is 1.00 e. The predicted molar refractivity (Wildman–Crippen MR) is 102 cm³/mol. The Hall–Kier alpha value is -2.43. The summed E-state index contributed by atoms with van der Waals surface area (Å²) in [4.78, 5) is 17.0. The molecular weight excluding hydrogens is 422 g/mol. The van der Waals surface area contributed by atoms with Crippen LogP contribution in [0.5, 0.6) is 5.88 Å². The summed E-state index contributed by atoms with van der Waals surface area (Å²) in [6, 6.07) is 6.77. The number of hydrogen-bond donors (Lipinski definition) is 0. The van der Waals surface area contributed by atoms with Crippen molar-refractivity contribution in [1.29, 1.82) is 0 Å². The van der Waals surface area contributed by atoms with Crippen LogP contribution < -0.4 is 39.3 Å². The van der Waals surface area contributed by atoms with E-state index in [9.17, 15) is 13.2 Å². The number of rotatable bonds is 3. The first-order valence-corrected chi connectivity index (χ1v) is 8.98. The van der Waals surface area contributed by atoms with E-state index in [0.717, 1.165) is 6.07 Å². The normalized spacial score (nSPS) is 12.1. The molecule has 1 aromatic carbocycles. The summed E-state index contributed by atoms with van der Waals surface area (Å²) in [7, 11) is 1.35. The van der Waals surface area contributed by atoms with E-state index in [4.69, 9.17) is 9.26 Å². The smallest absolute Gasteiger partial charge is 0.481 e. The molecule has 156 valence electrons. The van der Waals surface area contributed by atoms with Gasteiger partial charge in [0, 0.05) is 22.6 Å². The quantitative estimate of drug-likeness (QED) is 0.449. The van der Waals surface area contributed by atoms with E-state index in [1.54, 1.807) is 6.07 Å². The molecule has 0 fully saturated rings. The van der Waals surface area contributed by atoms with Gasteiger partial charge >= 0.3 is 35.7 Å². The van der Waals surface area contributed by atoms with Gasteiger partial charge in [-0.15, -0.1) is 0 Å². The summed E-state index contributed by atoms with van der Waals surface area (Å²) in [6.07, 6.45) is -4.56. The molecule has 3 aromatic heterocycles. The Labute approximate surface area is 197 Å². The van der Waals surface area contributed by atoms with Crippen molar-refractivity contribution in [3.63, 3.8) is 0 Å². The SMILES string of the molecule is COc1nc(-c2ccccc2C(F)(F)F)nc2nc(-c3cc(C(C)(C)C)no3)[n-]c12.[Na+]. The summed E-state index contributed by atoms with van der Waals surface area (Å²) in [6.45, 7) is 5.95. The first kappa shape index (κ1) is 23.2. The molecule has 0 bridgehead atoms. The van der Waals surface area contributed by atoms with Crippen molar-refractivity contribution >= 4 is 11.2 Å². The average Bonchev–Trinajstić information content (AvgIpc) is 3.33. The van der Waals surface area contributed by atoms with Gasteiger partial charge in [0.2, 0.25) is 5.88 Å². The summed E-state index contributed by atoms with van der Waals surface area (Å²) < 4.78 is 50.8. The van der Waals surface area contributed by atoms with Gasteiger partial charge < -0.3 is 19.2 Å². The molecule has 0 N–H and O–H groups in total. The minimum absolute atomic E-state index is 0. The molecule has 0 amide bonds. The van der Waals surface area contributed by atoms with Crippen molar-refractivity contribution in [2.24, 2.45) is 0 Å². The van der Waals surface area contributed by atoms with Crippen LogP contribution in [-0.2, 0) is 11.6 Å². The Morgan fingerprint density at radius 3 is 2.35 bits per heavy atom. The number of alkyl halides is 3. The number of ether oxygens (including phenoxy) is 1. The minimum atomic E-state index is -4.56. The van der Waals surface area contributed by atoms with Gasteiger partial charge in [0.05, 0.1) is 24.0 Å². The molecule has 0 saturated carbocycles. The number of imidazole rings is 1. The van der Waals surface area contributed by atoms with E-state index < -0.39 is 11.7 Å². The second-order valence-corrected chi connectivity index (χ2v) is 7.65. The standard InChI is InChI=1S/C20H17F3N5O2.Na/c1-19(2,3)13-9-12(30-28-13)16-24-14-17(26-16)25-15(27-18(14)29-4)10-7-5-6-8-11(10)20(21,22)23;/h5-9H,1-4H3;/q-1;+1. The molecule has 0 unspecified atom stereocenters. The van der Waals surface area contributed by atoms with Crippen molar-refractivity contribution in [1.82, 2.24) is 25.1 Å². The topological polar surface area (TPSA) is 88.0 Å². The maximum atomic E-state index is 13.4. The molecular formula is C20H17F3N5NaO2. The van der Waals surface area contributed by atoms with E-state index >= 15 is 0 Å². The largest absolute Gasteiger partial charge is 1.00 e. The molecule has 0 aliphatic heterocycles. The molecule has 11 heteroatoms. The van der Waals surface area contributed by atoms with E-state index in [1.165, 1.54) is 25.3 Å². The van der Waals surface area contributed by atoms with Gasteiger partial charge in [-0.25, -0.2) is 4.98 Å². The number of methoxy groups -OCH3 is 1. The third kappa shape index (κ3) is 4.46. The molecule has 0 atom stereocenters. The van der Waals surface area contributed by atoms with Gasteiger partial charge in [-0.2, -0.15) is 18.2 Å². The third-order valence-corrected chi connectivity index (χ3v) is 4.43. The van der Waals surface area contributed by atoms with Crippen LogP contribution in [0.15, 0.2) is 34.9 Å². The second kappa shape index (κ2) is 8.25. The molecule has 0 saturated heterocycles. The molecule has 3 heterocycles.